The van der Waals surface area contributed by atoms with E-state index in [1.807, 2.05) is 0 Å². The third-order valence-electron chi connectivity index (χ3n) is 3.82. The van der Waals surface area contributed by atoms with Crippen molar-refractivity contribution in [1.29, 1.82) is 0 Å². The lowest BCUT2D eigenvalue weighted by Crippen LogP contribution is -2.33. The van der Waals surface area contributed by atoms with Gasteiger partial charge in [-0.05, 0) is 48.9 Å². The number of anilines is 1. The van der Waals surface area contributed by atoms with E-state index < -0.39 is 11.7 Å². The van der Waals surface area contributed by atoms with E-state index in [0.29, 0.717) is 17.5 Å². The summed E-state index contributed by atoms with van der Waals surface area (Å²) in [5, 5.41) is 3.32. The number of hydrogen-bond donors (Lipinski definition) is 2. The van der Waals surface area contributed by atoms with E-state index in [0.717, 1.165) is 18.2 Å². The standard InChI is InChI=1S/C13H15F3N2/c14-13(15,16)8-3-4-11-9(5-8)10(17)6-12(18-11)7-1-2-7/h3-5,7,10,12,18H,1-2,6,17H2/t10-,12-/m1/s1. The van der Waals surface area contributed by atoms with Crippen LogP contribution in [0, 0.1) is 5.92 Å². The fourth-order valence-electron chi connectivity index (χ4n) is 2.65. The Morgan fingerprint density at radius 3 is 2.56 bits per heavy atom. The van der Waals surface area contributed by atoms with Gasteiger partial charge in [0.2, 0.25) is 0 Å². The van der Waals surface area contributed by atoms with Gasteiger partial charge in [0.25, 0.3) is 0 Å². The predicted molar refractivity (Wildman–Crippen MR) is 63.1 cm³/mol. The minimum atomic E-state index is -4.30. The van der Waals surface area contributed by atoms with E-state index in [1.165, 1.54) is 25.0 Å². The van der Waals surface area contributed by atoms with Gasteiger partial charge in [0.1, 0.15) is 0 Å². The molecule has 2 nitrogen and oxygen atoms in total. The second kappa shape index (κ2) is 3.88. The van der Waals surface area contributed by atoms with Gasteiger partial charge in [-0.15, -0.1) is 0 Å². The van der Waals surface area contributed by atoms with Crippen LogP contribution in [0.25, 0.3) is 0 Å². The first-order chi connectivity index (χ1) is 8.45. The minimum absolute atomic E-state index is 0.297. The number of fused-ring (bicyclic) bond motifs is 1. The van der Waals surface area contributed by atoms with Crippen LogP contribution in [-0.2, 0) is 6.18 Å². The Morgan fingerprint density at radius 1 is 1.22 bits per heavy atom. The zero-order valence-corrected chi connectivity index (χ0v) is 9.80. The number of hydrogen-bond acceptors (Lipinski definition) is 2. The summed E-state index contributed by atoms with van der Waals surface area (Å²) in [6.45, 7) is 0. The van der Waals surface area contributed by atoms with Crippen LogP contribution in [-0.4, -0.2) is 6.04 Å². The van der Waals surface area contributed by atoms with Crippen molar-refractivity contribution in [2.45, 2.75) is 37.5 Å². The molecule has 0 spiro atoms. The quantitative estimate of drug-likeness (QED) is 0.809. The van der Waals surface area contributed by atoms with Crippen LogP contribution in [0.3, 0.4) is 0 Å². The molecule has 2 aliphatic rings. The molecule has 1 aromatic rings. The fraction of sp³-hybridized carbons (Fsp3) is 0.538. The van der Waals surface area contributed by atoms with Crippen LogP contribution in [0.5, 0.6) is 0 Å². The highest BCUT2D eigenvalue weighted by Gasteiger charge is 2.37. The van der Waals surface area contributed by atoms with Gasteiger partial charge in [-0.1, -0.05) is 0 Å². The van der Waals surface area contributed by atoms with E-state index in [2.05, 4.69) is 5.32 Å². The molecule has 1 fully saturated rings. The third-order valence-corrected chi connectivity index (χ3v) is 3.82. The van der Waals surface area contributed by atoms with Gasteiger partial charge in [0, 0.05) is 17.8 Å². The molecule has 0 unspecified atom stereocenters. The molecular formula is C13H15F3N2. The summed E-state index contributed by atoms with van der Waals surface area (Å²) in [7, 11) is 0. The van der Waals surface area contributed by atoms with Gasteiger partial charge in [-0.3, -0.25) is 0 Å². The SMILES string of the molecule is N[C@@H]1C[C@H](C2CC2)Nc2ccc(C(F)(F)F)cc21. The topological polar surface area (TPSA) is 38.0 Å². The first-order valence-corrected chi connectivity index (χ1v) is 6.18. The fourth-order valence-corrected chi connectivity index (χ4v) is 2.65. The van der Waals surface area contributed by atoms with Crippen LogP contribution in [0.2, 0.25) is 0 Å². The molecule has 1 aliphatic carbocycles. The summed E-state index contributed by atoms with van der Waals surface area (Å²) < 4.78 is 37.9. The molecule has 0 bridgehead atoms. The third kappa shape index (κ3) is 2.07. The number of alkyl halides is 3. The maximum atomic E-state index is 12.6. The number of halogens is 3. The summed E-state index contributed by atoms with van der Waals surface area (Å²) in [5.41, 5.74) is 6.73. The molecule has 3 N–H and O–H groups in total. The van der Waals surface area contributed by atoms with Gasteiger partial charge < -0.3 is 11.1 Å². The highest BCUT2D eigenvalue weighted by atomic mass is 19.4. The smallest absolute Gasteiger partial charge is 0.382 e. The van der Waals surface area contributed by atoms with Gasteiger partial charge >= 0.3 is 6.18 Å². The lowest BCUT2D eigenvalue weighted by Gasteiger charge is -2.32. The average Bonchev–Trinajstić information content (AvgIpc) is 3.11. The Kier molecular flexibility index (Phi) is 2.55. The van der Waals surface area contributed by atoms with Gasteiger partial charge in [-0.25, -0.2) is 0 Å². The Hall–Kier alpha value is -1.23. The minimum Gasteiger partial charge on any atom is -0.382 e. The van der Waals surface area contributed by atoms with Gasteiger partial charge in [-0.2, -0.15) is 13.2 Å². The maximum Gasteiger partial charge on any atom is 0.416 e. The van der Waals surface area contributed by atoms with Crippen molar-refractivity contribution < 1.29 is 13.2 Å². The molecule has 0 aromatic heterocycles. The van der Waals surface area contributed by atoms with E-state index in [4.69, 9.17) is 5.73 Å². The van der Waals surface area contributed by atoms with Crippen molar-refractivity contribution >= 4 is 5.69 Å². The lowest BCUT2D eigenvalue weighted by atomic mass is 9.90. The van der Waals surface area contributed by atoms with Crippen LogP contribution in [0.4, 0.5) is 18.9 Å². The molecule has 18 heavy (non-hydrogen) atoms. The summed E-state index contributed by atoms with van der Waals surface area (Å²) in [6.07, 6.45) is -1.19. The molecule has 1 aromatic carbocycles. The van der Waals surface area contributed by atoms with E-state index >= 15 is 0 Å². The lowest BCUT2D eigenvalue weighted by molar-refractivity contribution is -0.137. The second-order valence-electron chi connectivity index (χ2n) is 5.23. The van der Waals surface area contributed by atoms with E-state index in [1.54, 1.807) is 0 Å². The Bertz CT molecular complexity index is 466. The zero-order chi connectivity index (χ0) is 12.9. The highest BCUT2D eigenvalue weighted by molar-refractivity contribution is 5.57. The summed E-state index contributed by atoms with van der Waals surface area (Å²) >= 11 is 0. The van der Waals surface area contributed by atoms with Gasteiger partial charge in [0.15, 0.2) is 0 Å². The Labute approximate surface area is 103 Å². The van der Waals surface area contributed by atoms with E-state index in [-0.39, 0.29) is 6.04 Å². The van der Waals surface area contributed by atoms with Crippen molar-refractivity contribution in [3.63, 3.8) is 0 Å². The normalized spacial score (nSPS) is 27.6. The molecule has 2 atom stereocenters. The van der Waals surface area contributed by atoms with Crippen molar-refractivity contribution in [1.82, 2.24) is 0 Å². The van der Waals surface area contributed by atoms with Crippen LogP contribution in [0.1, 0.15) is 36.4 Å². The summed E-state index contributed by atoms with van der Waals surface area (Å²) in [4.78, 5) is 0. The molecule has 0 saturated heterocycles. The number of rotatable bonds is 1. The zero-order valence-electron chi connectivity index (χ0n) is 9.80. The molecule has 1 saturated carbocycles. The summed E-state index contributed by atoms with van der Waals surface area (Å²) in [5.74, 6) is 0.645. The first kappa shape index (κ1) is 11.8. The summed E-state index contributed by atoms with van der Waals surface area (Å²) in [6, 6.07) is 3.83. The maximum absolute atomic E-state index is 12.6. The number of nitrogens with one attached hydrogen (secondary N) is 1. The largest absolute Gasteiger partial charge is 0.416 e. The molecule has 0 amide bonds. The molecule has 1 heterocycles. The molecule has 0 radical (unpaired) electrons. The van der Waals surface area contributed by atoms with Crippen LogP contribution >= 0.6 is 0 Å². The first-order valence-electron chi connectivity index (χ1n) is 6.18. The molecule has 1 aliphatic heterocycles. The molecular weight excluding hydrogens is 241 g/mol. The highest BCUT2D eigenvalue weighted by Crippen LogP contribution is 2.43. The molecule has 98 valence electrons. The van der Waals surface area contributed by atoms with E-state index in [9.17, 15) is 13.2 Å². The van der Waals surface area contributed by atoms with Gasteiger partial charge in [0.05, 0.1) is 5.56 Å². The van der Waals surface area contributed by atoms with Crippen molar-refractivity contribution in [2.75, 3.05) is 5.32 Å². The average molecular weight is 256 g/mol. The van der Waals surface area contributed by atoms with Crippen LogP contribution in [0.15, 0.2) is 18.2 Å². The Balaban J connectivity index is 1.92. The van der Waals surface area contributed by atoms with Crippen molar-refractivity contribution in [3.8, 4) is 0 Å². The monoisotopic (exact) mass is 256 g/mol. The predicted octanol–water partition coefficient (Wildman–Crippen LogP) is 3.30. The van der Waals surface area contributed by atoms with Crippen LogP contribution < -0.4 is 11.1 Å². The molecule has 5 heteroatoms. The number of benzene rings is 1. The number of nitrogens with two attached hydrogens (primary N) is 1. The second-order valence-corrected chi connectivity index (χ2v) is 5.23. The van der Waals surface area contributed by atoms with Crippen molar-refractivity contribution in [2.24, 2.45) is 11.7 Å². The van der Waals surface area contributed by atoms with Crippen molar-refractivity contribution in [3.05, 3.63) is 29.3 Å². The Morgan fingerprint density at radius 2 is 1.94 bits per heavy atom. The molecule has 3 rings (SSSR count).